The van der Waals surface area contributed by atoms with E-state index >= 15 is 0 Å². The summed E-state index contributed by atoms with van der Waals surface area (Å²) in [5.74, 6) is 0. The lowest BCUT2D eigenvalue weighted by atomic mass is 10.1. The molecule has 1 heterocycles. The van der Waals surface area contributed by atoms with Crippen molar-refractivity contribution in [3.05, 3.63) is 30.1 Å². The number of nitrogens with two attached hydrogens (primary N) is 1. The molecule has 2 N–H and O–H groups in total. The number of aromatic nitrogens is 1. The number of hydrogen-bond acceptors (Lipinski definition) is 2. The molecule has 0 unspecified atom stereocenters. The Morgan fingerprint density at radius 2 is 1.86 bits per heavy atom. The van der Waals surface area contributed by atoms with Crippen LogP contribution in [0.25, 0.3) is 0 Å². The number of rotatable bonds is 1. The van der Waals surface area contributed by atoms with Gasteiger partial charge >= 0.3 is 6.18 Å². The van der Waals surface area contributed by atoms with Gasteiger partial charge in [-0.1, -0.05) is 6.07 Å². The van der Waals surface area contributed by atoms with Gasteiger partial charge in [0.25, 0.3) is 0 Å². The summed E-state index contributed by atoms with van der Waals surface area (Å²) in [5, 5.41) is 0. The molecular weight excluding hydrogens is 240 g/mol. The molecule has 0 fully saturated rings. The molecule has 1 atom stereocenters. The predicted molar refractivity (Wildman–Crippen MR) is 51.7 cm³/mol. The third-order valence-electron chi connectivity index (χ3n) is 1.40. The Kier molecular flexibility index (Phi) is 6.89. The fourth-order valence-electron chi connectivity index (χ4n) is 0.749. The maximum Gasteiger partial charge on any atom is 0.407 e. The highest BCUT2D eigenvalue weighted by Crippen LogP contribution is 2.29. The highest BCUT2D eigenvalue weighted by molar-refractivity contribution is 5.85. The Labute approximate surface area is 91.5 Å². The van der Waals surface area contributed by atoms with E-state index in [-0.39, 0.29) is 30.4 Å². The standard InChI is InChI=1S/C7H7F3N2.2ClH/c8-7(9,10)6(11)5-2-1-3-12-4-5;;/h1-4,6H,11H2;2*1H/t6-;;/m0../s1. The van der Waals surface area contributed by atoms with Crippen molar-refractivity contribution in [1.29, 1.82) is 0 Å². The van der Waals surface area contributed by atoms with Crippen molar-refractivity contribution in [1.82, 2.24) is 4.98 Å². The van der Waals surface area contributed by atoms with Crippen LogP contribution >= 0.6 is 24.8 Å². The zero-order valence-electron chi connectivity index (χ0n) is 6.86. The topological polar surface area (TPSA) is 38.9 Å². The minimum atomic E-state index is -4.40. The lowest BCUT2D eigenvalue weighted by Gasteiger charge is -2.14. The molecule has 0 aliphatic rings. The summed E-state index contributed by atoms with van der Waals surface area (Å²) in [6.07, 6.45) is -1.90. The van der Waals surface area contributed by atoms with Crippen molar-refractivity contribution in [3.8, 4) is 0 Å². The molecule has 0 aliphatic carbocycles. The molecule has 82 valence electrons. The Bertz CT molecular complexity index is 253. The van der Waals surface area contributed by atoms with E-state index in [1.807, 2.05) is 0 Å². The van der Waals surface area contributed by atoms with Crippen molar-refractivity contribution in [2.75, 3.05) is 0 Å². The zero-order chi connectivity index (χ0) is 9.19. The minimum Gasteiger partial charge on any atom is -0.316 e. The van der Waals surface area contributed by atoms with Crippen LogP contribution in [-0.2, 0) is 0 Å². The van der Waals surface area contributed by atoms with E-state index in [1.54, 1.807) is 0 Å². The molecule has 0 bridgehead atoms. The summed E-state index contributed by atoms with van der Waals surface area (Å²) < 4.78 is 35.9. The molecular formula is C7H9Cl2F3N2. The number of nitrogens with zero attached hydrogens (tertiary/aromatic N) is 1. The molecule has 0 radical (unpaired) electrons. The molecule has 1 aromatic rings. The van der Waals surface area contributed by atoms with Crippen molar-refractivity contribution in [3.63, 3.8) is 0 Å². The van der Waals surface area contributed by atoms with Crippen molar-refractivity contribution in [2.24, 2.45) is 5.73 Å². The molecule has 0 saturated carbocycles. The zero-order valence-corrected chi connectivity index (χ0v) is 8.49. The first-order valence-corrected chi connectivity index (χ1v) is 3.24. The largest absolute Gasteiger partial charge is 0.407 e. The van der Waals surface area contributed by atoms with E-state index in [4.69, 9.17) is 5.73 Å². The van der Waals surface area contributed by atoms with Gasteiger partial charge in [0.1, 0.15) is 6.04 Å². The van der Waals surface area contributed by atoms with E-state index in [0.29, 0.717) is 0 Å². The van der Waals surface area contributed by atoms with Gasteiger partial charge in [-0.15, -0.1) is 24.8 Å². The maximum absolute atomic E-state index is 12.0. The van der Waals surface area contributed by atoms with Crippen molar-refractivity contribution < 1.29 is 13.2 Å². The number of hydrogen-bond donors (Lipinski definition) is 1. The van der Waals surface area contributed by atoms with Crippen LogP contribution in [-0.4, -0.2) is 11.2 Å². The lowest BCUT2D eigenvalue weighted by molar-refractivity contribution is -0.149. The lowest BCUT2D eigenvalue weighted by Crippen LogP contribution is -2.28. The smallest absolute Gasteiger partial charge is 0.316 e. The molecule has 1 aromatic heterocycles. The number of alkyl halides is 3. The van der Waals surface area contributed by atoms with E-state index in [9.17, 15) is 13.2 Å². The summed E-state index contributed by atoms with van der Waals surface area (Å²) >= 11 is 0. The summed E-state index contributed by atoms with van der Waals surface area (Å²) in [6, 6.07) is 0.776. The summed E-state index contributed by atoms with van der Waals surface area (Å²) in [4.78, 5) is 3.54. The Morgan fingerprint density at radius 3 is 2.21 bits per heavy atom. The summed E-state index contributed by atoms with van der Waals surface area (Å²) in [7, 11) is 0. The second-order valence-electron chi connectivity index (χ2n) is 2.31. The molecule has 0 spiro atoms. The third-order valence-corrected chi connectivity index (χ3v) is 1.40. The van der Waals surface area contributed by atoms with Gasteiger partial charge in [-0.05, 0) is 11.6 Å². The van der Waals surface area contributed by atoms with Crippen LogP contribution in [0.4, 0.5) is 13.2 Å². The molecule has 0 aliphatic heterocycles. The van der Waals surface area contributed by atoms with Gasteiger partial charge in [-0.2, -0.15) is 13.2 Å². The molecule has 7 heteroatoms. The third kappa shape index (κ3) is 4.13. The first-order valence-electron chi connectivity index (χ1n) is 3.24. The van der Waals surface area contributed by atoms with Crippen molar-refractivity contribution in [2.45, 2.75) is 12.2 Å². The van der Waals surface area contributed by atoms with Gasteiger partial charge < -0.3 is 5.73 Å². The van der Waals surface area contributed by atoms with Gasteiger partial charge in [0.2, 0.25) is 0 Å². The average Bonchev–Trinajstić information content (AvgIpc) is 2.03. The fraction of sp³-hybridized carbons (Fsp3) is 0.286. The summed E-state index contributed by atoms with van der Waals surface area (Å²) in [6.45, 7) is 0. The second-order valence-corrected chi connectivity index (χ2v) is 2.31. The van der Waals surface area contributed by atoms with Crippen LogP contribution in [0.1, 0.15) is 11.6 Å². The Hall–Kier alpha value is -0.520. The van der Waals surface area contributed by atoms with Gasteiger partial charge in [0.15, 0.2) is 0 Å². The Morgan fingerprint density at radius 1 is 1.29 bits per heavy atom. The normalized spacial score (nSPS) is 12.3. The summed E-state index contributed by atoms with van der Waals surface area (Å²) in [5.41, 5.74) is 4.88. The van der Waals surface area contributed by atoms with E-state index in [2.05, 4.69) is 4.98 Å². The second kappa shape index (κ2) is 6.06. The van der Waals surface area contributed by atoms with Crippen LogP contribution in [0.2, 0.25) is 0 Å². The predicted octanol–water partition coefficient (Wildman–Crippen LogP) is 2.49. The molecule has 2 nitrogen and oxygen atoms in total. The van der Waals surface area contributed by atoms with Crippen molar-refractivity contribution >= 4 is 24.8 Å². The maximum atomic E-state index is 12.0. The number of pyridine rings is 1. The van der Waals surface area contributed by atoms with Crippen LogP contribution < -0.4 is 5.73 Å². The first kappa shape index (κ1) is 15.9. The fourth-order valence-corrected chi connectivity index (χ4v) is 0.749. The molecule has 1 rings (SSSR count). The number of halogens is 5. The molecule has 0 saturated heterocycles. The van der Waals surface area contributed by atoms with Gasteiger partial charge in [-0.3, -0.25) is 4.98 Å². The van der Waals surface area contributed by atoms with Crippen LogP contribution in [0, 0.1) is 0 Å². The molecule has 14 heavy (non-hydrogen) atoms. The van der Waals surface area contributed by atoms with Gasteiger partial charge in [0.05, 0.1) is 0 Å². The van der Waals surface area contributed by atoms with E-state index in [1.165, 1.54) is 18.3 Å². The Balaban J connectivity index is 0. The highest BCUT2D eigenvalue weighted by Gasteiger charge is 2.37. The van der Waals surface area contributed by atoms with E-state index in [0.717, 1.165) is 6.20 Å². The first-order chi connectivity index (χ1) is 5.52. The van der Waals surface area contributed by atoms with Gasteiger partial charge in [-0.25, -0.2) is 0 Å². The average molecular weight is 249 g/mol. The molecule has 0 amide bonds. The SMILES string of the molecule is Cl.Cl.N[C@@H](c1cccnc1)C(F)(F)F. The minimum absolute atomic E-state index is 0. The quantitative estimate of drug-likeness (QED) is 0.830. The van der Waals surface area contributed by atoms with Crippen LogP contribution in [0.3, 0.4) is 0 Å². The van der Waals surface area contributed by atoms with Crippen LogP contribution in [0.15, 0.2) is 24.5 Å². The highest BCUT2D eigenvalue weighted by atomic mass is 35.5. The van der Waals surface area contributed by atoms with E-state index < -0.39 is 12.2 Å². The van der Waals surface area contributed by atoms with Crippen LogP contribution in [0.5, 0.6) is 0 Å². The monoisotopic (exact) mass is 248 g/mol. The molecule has 0 aromatic carbocycles. The van der Waals surface area contributed by atoms with Gasteiger partial charge in [0, 0.05) is 12.4 Å².